The number of carbonyl (C=O) groups excluding carboxylic acids is 2. The molecule has 2 amide bonds. The molecule has 0 bridgehead atoms. The molecule has 1 fully saturated rings. The predicted molar refractivity (Wildman–Crippen MR) is 105 cm³/mol. The molecule has 3 N–H and O–H groups in total. The highest BCUT2D eigenvalue weighted by atomic mass is 35.5. The lowest BCUT2D eigenvalue weighted by Gasteiger charge is -2.28. The molecule has 0 aliphatic heterocycles. The van der Waals surface area contributed by atoms with Gasteiger partial charge in [-0.2, -0.15) is 0 Å². The maximum Gasteiger partial charge on any atom is 0.251 e. The van der Waals surface area contributed by atoms with Crippen LogP contribution in [0.25, 0.3) is 0 Å². The molecule has 7 heteroatoms. The topological polar surface area (TPSA) is 87.7 Å². The van der Waals surface area contributed by atoms with Crippen LogP contribution in [0.1, 0.15) is 56.3 Å². The summed E-state index contributed by atoms with van der Waals surface area (Å²) in [5.74, 6) is 0.256. The third-order valence-corrected chi connectivity index (χ3v) is 5.11. The zero-order valence-electron chi connectivity index (χ0n) is 16.1. The number of benzene rings is 1. The van der Waals surface area contributed by atoms with Crippen LogP contribution in [0, 0.1) is 5.92 Å². The van der Waals surface area contributed by atoms with E-state index in [2.05, 4.69) is 10.6 Å². The highest BCUT2D eigenvalue weighted by Gasteiger charge is 2.27. The van der Waals surface area contributed by atoms with Crippen LogP contribution in [0.2, 0.25) is 5.02 Å². The molecule has 0 saturated heterocycles. The Bertz CT molecular complexity index is 657. The van der Waals surface area contributed by atoms with Crippen LogP contribution in [-0.4, -0.2) is 42.2 Å². The quantitative estimate of drug-likeness (QED) is 0.661. The molecule has 1 aromatic rings. The summed E-state index contributed by atoms with van der Waals surface area (Å²) < 4.78 is 5.58. The Hall–Kier alpha value is -1.79. The second kappa shape index (κ2) is 9.95. The minimum absolute atomic E-state index is 0.0196. The van der Waals surface area contributed by atoms with Crippen molar-refractivity contribution in [3.8, 4) is 5.75 Å². The smallest absolute Gasteiger partial charge is 0.251 e. The molecule has 0 radical (unpaired) electrons. The molecule has 150 valence electrons. The lowest BCUT2D eigenvalue weighted by Crippen LogP contribution is -2.47. The van der Waals surface area contributed by atoms with Gasteiger partial charge in [-0.15, -0.1) is 0 Å². The molecule has 1 aromatic carbocycles. The Morgan fingerprint density at radius 1 is 1.26 bits per heavy atom. The predicted octanol–water partition coefficient (Wildman–Crippen LogP) is 2.91. The second-order valence-electron chi connectivity index (χ2n) is 7.36. The Kier molecular flexibility index (Phi) is 7.92. The number of likely N-dealkylation sites (N-methyl/N-ethyl adjacent to an activating group) is 1. The minimum Gasteiger partial charge on any atom is -0.489 e. The van der Waals surface area contributed by atoms with E-state index in [1.807, 2.05) is 13.8 Å². The fourth-order valence-electron chi connectivity index (χ4n) is 3.35. The fraction of sp³-hybridized carbons (Fsp3) is 0.600. The van der Waals surface area contributed by atoms with Gasteiger partial charge in [0.15, 0.2) is 0 Å². The van der Waals surface area contributed by atoms with Crippen LogP contribution >= 0.6 is 11.6 Å². The Balaban J connectivity index is 2.04. The average Bonchev–Trinajstić information content (AvgIpc) is 2.63. The summed E-state index contributed by atoms with van der Waals surface area (Å²) in [5.41, 5.74) is 0.379. The number of aliphatic hydroxyl groups excluding tert-OH is 1. The molecule has 0 spiro atoms. The highest BCUT2D eigenvalue weighted by Crippen LogP contribution is 2.29. The maximum absolute atomic E-state index is 12.6. The molecule has 2 rings (SSSR count). The number of hydrogen-bond donors (Lipinski definition) is 3. The van der Waals surface area contributed by atoms with E-state index in [-0.39, 0.29) is 24.0 Å². The zero-order valence-corrected chi connectivity index (χ0v) is 16.9. The summed E-state index contributed by atoms with van der Waals surface area (Å²) in [4.78, 5) is 24.9. The van der Waals surface area contributed by atoms with Crippen LogP contribution in [0.3, 0.4) is 0 Å². The standard InChI is InChI=1S/C20H29ClN2O4/c1-12(2)27-18-9-6-14(11-16(18)21)19(25)23-17(20(26)22-3)10-13-4-7-15(24)8-5-13/h6,9,11-13,15,17,24H,4-5,7-8,10H2,1-3H3,(H,22,26)(H,23,25). The van der Waals surface area contributed by atoms with E-state index < -0.39 is 6.04 Å². The van der Waals surface area contributed by atoms with Crippen LogP contribution in [0.15, 0.2) is 18.2 Å². The monoisotopic (exact) mass is 396 g/mol. The van der Waals surface area contributed by atoms with E-state index in [4.69, 9.17) is 16.3 Å². The van der Waals surface area contributed by atoms with E-state index in [1.165, 1.54) is 0 Å². The van der Waals surface area contributed by atoms with Crippen molar-refractivity contribution in [1.82, 2.24) is 10.6 Å². The molecule has 1 aliphatic rings. The summed E-state index contributed by atoms with van der Waals surface area (Å²) in [6.45, 7) is 3.80. The van der Waals surface area contributed by atoms with Crippen molar-refractivity contribution in [2.75, 3.05) is 7.05 Å². The van der Waals surface area contributed by atoms with Crippen molar-refractivity contribution in [2.45, 2.75) is 64.2 Å². The average molecular weight is 397 g/mol. The van der Waals surface area contributed by atoms with E-state index in [1.54, 1.807) is 25.2 Å². The normalized spacial score (nSPS) is 20.8. The molecule has 1 unspecified atom stereocenters. The highest BCUT2D eigenvalue weighted by molar-refractivity contribution is 6.32. The first-order valence-electron chi connectivity index (χ1n) is 9.46. The lowest BCUT2D eigenvalue weighted by atomic mass is 9.83. The third-order valence-electron chi connectivity index (χ3n) is 4.81. The van der Waals surface area contributed by atoms with Gasteiger partial charge < -0.3 is 20.5 Å². The van der Waals surface area contributed by atoms with Crippen LogP contribution in [0.4, 0.5) is 0 Å². The van der Waals surface area contributed by atoms with E-state index in [0.717, 1.165) is 25.7 Å². The SMILES string of the molecule is CNC(=O)C(CC1CCC(O)CC1)NC(=O)c1ccc(OC(C)C)c(Cl)c1. The number of rotatable bonds is 7. The van der Waals surface area contributed by atoms with E-state index in [9.17, 15) is 14.7 Å². The van der Waals surface area contributed by atoms with Gasteiger partial charge in [0, 0.05) is 12.6 Å². The van der Waals surface area contributed by atoms with Crippen molar-refractivity contribution in [1.29, 1.82) is 0 Å². The number of aliphatic hydroxyl groups is 1. The van der Waals surface area contributed by atoms with Crippen molar-refractivity contribution in [2.24, 2.45) is 5.92 Å². The molecule has 1 aliphatic carbocycles. The Labute approximate surface area is 165 Å². The van der Waals surface area contributed by atoms with Crippen LogP contribution in [-0.2, 0) is 4.79 Å². The molecular formula is C20H29ClN2O4. The molecule has 1 saturated carbocycles. The zero-order chi connectivity index (χ0) is 20.0. The third kappa shape index (κ3) is 6.40. The molecule has 0 aromatic heterocycles. The number of amides is 2. The summed E-state index contributed by atoms with van der Waals surface area (Å²) in [5, 5.41) is 15.4. The van der Waals surface area contributed by atoms with Gasteiger partial charge in [0.05, 0.1) is 17.2 Å². The number of carbonyl (C=O) groups is 2. The van der Waals surface area contributed by atoms with Gasteiger partial charge in [-0.1, -0.05) is 11.6 Å². The number of halogens is 1. The van der Waals surface area contributed by atoms with Gasteiger partial charge >= 0.3 is 0 Å². The second-order valence-corrected chi connectivity index (χ2v) is 7.77. The number of nitrogens with one attached hydrogen (secondary N) is 2. The van der Waals surface area contributed by atoms with E-state index in [0.29, 0.717) is 28.7 Å². The summed E-state index contributed by atoms with van der Waals surface area (Å²) in [7, 11) is 1.56. The first kappa shape index (κ1) is 21.5. The van der Waals surface area contributed by atoms with Crippen molar-refractivity contribution in [3.63, 3.8) is 0 Å². The van der Waals surface area contributed by atoms with Gasteiger partial charge in [0.1, 0.15) is 11.8 Å². The number of hydrogen-bond acceptors (Lipinski definition) is 4. The summed E-state index contributed by atoms with van der Waals surface area (Å²) >= 11 is 6.21. The summed E-state index contributed by atoms with van der Waals surface area (Å²) in [6.07, 6.45) is 3.49. The number of ether oxygens (including phenoxy) is 1. The molecule has 27 heavy (non-hydrogen) atoms. The molecular weight excluding hydrogens is 368 g/mol. The van der Waals surface area contributed by atoms with Gasteiger partial charge in [0.25, 0.3) is 5.91 Å². The van der Waals surface area contributed by atoms with Crippen molar-refractivity contribution >= 4 is 23.4 Å². The van der Waals surface area contributed by atoms with Crippen molar-refractivity contribution in [3.05, 3.63) is 28.8 Å². The van der Waals surface area contributed by atoms with Gasteiger partial charge in [-0.3, -0.25) is 9.59 Å². The van der Waals surface area contributed by atoms with Gasteiger partial charge in [0.2, 0.25) is 5.91 Å². The fourth-order valence-corrected chi connectivity index (χ4v) is 3.58. The largest absolute Gasteiger partial charge is 0.489 e. The van der Waals surface area contributed by atoms with Crippen LogP contribution < -0.4 is 15.4 Å². The van der Waals surface area contributed by atoms with Crippen LogP contribution in [0.5, 0.6) is 5.75 Å². The summed E-state index contributed by atoms with van der Waals surface area (Å²) in [6, 6.07) is 4.23. The molecule has 0 heterocycles. The maximum atomic E-state index is 12.6. The molecule has 6 nitrogen and oxygen atoms in total. The van der Waals surface area contributed by atoms with Gasteiger partial charge in [-0.25, -0.2) is 0 Å². The first-order valence-corrected chi connectivity index (χ1v) is 9.84. The van der Waals surface area contributed by atoms with E-state index >= 15 is 0 Å². The molecule has 1 atom stereocenters. The minimum atomic E-state index is -0.617. The van der Waals surface area contributed by atoms with Crippen molar-refractivity contribution < 1.29 is 19.4 Å². The lowest BCUT2D eigenvalue weighted by molar-refractivity contribution is -0.123. The van der Waals surface area contributed by atoms with Gasteiger partial charge in [-0.05, 0) is 70.1 Å². The Morgan fingerprint density at radius 3 is 2.48 bits per heavy atom. The Morgan fingerprint density at radius 2 is 1.93 bits per heavy atom. The first-order chi connectivity index (χ1) is 12.8.